The number of hydrogen-bond donors (Lipinski definition) is 0. The number of methoxy groups -OCH3 is 1. The van der Waals surface area contributed by atoms with Crippen molar-refractivity contribution in [3.63, 3.8) is 0 Å². The van der Waals surface area contributed by atoms with Gasteiger partial charge in [-0.3, -0.25) is 4.79 Å². The highest BCUT2D eigenvalue weighted by Crippen LogP contribution is 2.32. The van der Waals surface area contributed by atoms with Crippen LogP contribution in [0.15, 0.2) is 18.2 Å². The molecule has 0 radical (unpaired) electrons. The summed E-state index contributed by atoms with van der Waals surface area (Å²) in [5, 5.41) is 8.25. The van der Waals surface area contributed by atoms with E-state index >= 15 is 0 Å². The van der Waals surface area contributed by atoms with E-state index in [0.29, 0.717) is 26.1 Å². The normalized spacial score (nSPS) is 19.2. The van der Waals surface area contributed by atoms with Gasteiger partial charge in [-0.15, -0.1) is 10.2 Å². The average Bonchev–Trinajstić information content (AvgIpc) is 3.00. The summed E-state index contributed by atoms with van der Waals surface area (Å²) in [6.45, 7) is 4.30. The van der Waals surface area contributed by atoms with Crippen LogP contribution in [0.1, 0.15) is 17.2 Å². The van der Waals surface area contributed by atoms with E-state index in [1.165, 1.54) is 0 Å². The van der Waals surface area contributed by atoms with Gasteiger partial charge in [-0.05, 0) is 25.0 Å². The molecule has 126 valence electrons. The van der Waals surface area contributed by atoms with Crippen molar-refractivity contribution < 1.29 is 14.3 Å². The molecule has 0 saturated carbocycles. The smallest absolute Gasteiger partial charge is 0.229 e. The molecule has 24 heavy (non-hydrogen) atoms. The number of aromatic nitrogens is 3. The third-order valence-corrected chi connectivity index (χ3v) is 4.78. The first-order valence-electron chi connectivity index (χ1n) is 8.13. The maximum absolute atomic E-state index is 12.9. The molecule has 2 aliphatic heterocycles. The van der Waals surface area contributed by atoms with Gasteiger partial charge in [0.15, 0.2) is 5.82 Å². The van der Waals surface area contributed by atoms with Gasteiger partial charge in [-0.2, -0.15) is 0 Å². The molecule has 0 spiro atoms. The Kier molecular flexibility index (Phi) is 3.63. The Morgan fingerprint density at radius 2 is 2.21 bits per heavy atom. The molecule has 2 aliphatic rings. The number of fused-ring (bicyclic) bond motifs is 2. The van der Waals surface area contributed by atoms with E-state index in [-0.39, 0.29) is 11.8 Å². The Morgan fingerprint density at radius 3 is 3.04 bits per heavy atom. The number of rotatable bonds is 2. The molecule has 2 aromatic rings. The number of nitrogens with zero attached hydrogens (tertiary/aromatic N) is 4. The second kappa shape index (κ2) is 5.81. The van der Waals surface area contributed by atoms with Crippen LogP contribution in [0.3, 0.4) is 0 Å². The molecule has 1 aromatic carbocycles. The number of aryl methyl sites for hydroxylation is 1. The van der Waals surface area contributed by atoms with E-state index in [9.17, 15) is 4.79 Å². The van der Waals surface area contributed by atoms with Crippen LogP contribution in [0.5, 0.6) is 11.5 Å². The summed E-state index contributed by atoms with van der Waals surface area (Å²) >= 11 is 0. The molecule has 7 nitrogen and oxygen atoms in total. The van der Waals surface area contributed by atoms with E-state index in [4.69, 9.17) is 9.47 Å². The van der Waals surface area contributed by atoms with E-state index < -0.39 is 0 Å². The second-order valence-corrected chi connectivity index (χ2v) is 6.26. The number of carbonyl (C=O) groups is 1. The molecule has 0 saturated heterocycles. The van der Waals surface area contributed by atoms with Gasteiger partial charge < -0.3 is 18.9 Å². The molecule has 4 rings (SSSR count). The standard InChI is InChI=1S/C17H20N4O3/c1-11-18-19-16-9-20(5-6-21(11)16)17(22)13-7-12-3-4-14(23-2)8-15(12)24-10-13/h3-4,8,13H,5-7,9-10H2,1-2H3/t13-/m0/s1. The summed E-state index contributed by atoms with van der Waals surface area (Å²) in [5.74, 6) is 3.32. The summed E-state index contributed by atoms with van der Waals surface area (Å²) in [5.41, 5.74) is 1.05. The minimum atomic E-state index is -0.151. The highest BCUT2D eigenvalue weighted by molar-refractivity contribution is 5.80. The van der Waals surface area contributed by atoms with E-state index in [1.807, 2.05) is 30.0 Å². The molecule has 0 aliphatic carbocycles. The Bertz CT molecular complexity index is 786. The predicted octanol–water partition coefficient (Wildman–Crippen LogP) is 1.19. The first-order chi connectivity index (χ1) is 11.7. The fraction of sp³-hybridized carbons (Fsp3) is 0.471. The topological polar surface area (TPSA) is 69.5 Å². The molecule has 0 unspecified atom stereocenters. The molecular weight excluding hydrogens is 308 g/mol. The fourth-order valence-electron chi connectivity index (χ4n) is 3.39. The number of amides is 1. The SMILES string of the molecule is COc1ccc2c(c1)OC[C@@H](C(=O)N1CCn3c(C)nnc3C1)C2. The highest BCUT2D eigenvalue weighted by atomic mass is 16.5. The zero-order valence-corrected chi connectivity index (χ0v) is 13.9. The molecule has 1 atom stereocenters. The number of carbonyl (C=O) groups excluding carboxylic acids is 1. The van der Waals surface area contributed by atoms with Gasteiger partial charge in [0, 0.05) is 19.2 Å². The van der Waals surface area contributed by atoms with E-state index in [0.717, 1.165) is 35.3 Å². The average molecular weight is 328 g/mol. The summed E-state index contributed by atoms with van der Waals surface area (Å²) in [7, 11) is 1.63. The predicted molar refractivity (Wildman–Crippen MR) is 85.9 cm³/mol. The van der Waals surface area contributed by atoms with Gasteiger partial charge in [0.2, 0.25) is 5.91 Å². The van der Waals surface area contributed by atoms with Crippen LogP contribution in [0, 0.1) is 12.8 Å². The van der Waals surface area contributed by atoms with Crippen molar-refractivity contribution in [3.05, 3.63) is 35.4 Å². The lowest BCUT2D eigenvalue weighted by atomic mass is 9.95. The van der Waals surface area contributed by atoms with Crippen LogP contribution in [-0.4, -0.2) is 45.8 Å². The molecule has 7 heteroatoms. The van der Waals surface area contributed by atoms with Crippen molar-refractivity contribution in [2.75, 3.05) is 20.3 Å². The highest BCUT2D eigenvalue weighted by Gasteiger charge is 2.32. The van der Waals surface area contributed by atoms with E-state index in [1.54, 1.807) is 7.11 Å². The number of benzene rings is 1. The molecule has 1 amide bonds. The largest absolute Gasteiger partial charge is 0.497 e. The van der Waals surface area contributed by atoms with Crippen molar-refractivity contribution in [2.24, 2.45) is 5.92 Å². The first kappa shape index (κ1) is 15.0. The summed E-state index contributed by atoms with van der Waals surface area (Å²) in [6.07, 6.45) is 0.695. The quantitative estimate of drug-likeness (QED) is 0.828. The Labute approximate surface area is 140 Å². The molecule has 0 bridgehead atoms. The first-order valence-corrected chi connectivity index (χ1v) is 8.13. The summed E-state index contributed by atoms with van der Waals surface area (Å²) in [6, 6.07) is 5.76. The number of hydrogen-bond acceptors (Lipinski definition) is 5. The zero-order valence-electron chi connectivity index (χ0n) is 13.9. The maximum Gasteiger partial charge on any atom is 0.229 e. The Morgan fingerprint density at radius 1 is 1.33 bits per heavy atom. The van der Waals surface area contributed by atoms with Gasteiger partial charge in [-0.1, -0.05) is 6.07 Å². The second-order valence-electron chi connectivity index (χ2n) is 6.26. The van der Waals surface area contributed by atoms with Crippen molar-refractivity contribution in [1.29, 1.82) is 0 Å². The molecule has 3 heterocycles. The zero-order chi connectivity index (χ0) is 16.7. The van der Waals surface area contributed by atoms with Crippen LogP contribution in [-0.2, 0) is 24.3 Å². The molecule has 0 N–H and O–H groups in total. The van der Waals surface area contributed by atoms with Gasteiger partial charge in [-0.25, -0.2) is 0 Å². The Balaban J connectivity index is 1.48. The monoisotopic (exact) mass is 328 g/mol. The van der Waals surface area contributed by atoms with E-state index in [2.05, 4.69) is 14.8 Å². The van der Waals surface area contributed by atoms with Gasteiger partial charge in [0.1, 0.15) is 23.9 Å². The number of ether oxygens (including phenoxy) is 2. The third kappa shape index (κ3) is 2.50. The lowest BCUT2D eigenvalue weighted by Gasteiger charge is -2.32. The lowest BCUT2D eigenvalue weighted by Crippen LogP contribution is -2.44. The van der Waals surface area contributed by atoms with Crippen molar-refractivity contribution in [2.45, 2.75) is 26.4 Å². The lowest BCUT2D eigenvalue weighted by molar-refractivity contribution is -0.138. The minimum absolute atomic E-state index is 0.128. The van der Waals surface area contributed by atoms with Crippen LogP contribution in [0.4, 0.5) is 0 Å². The molecule has 0 fully saturated rings. The summed E-state index contributed by atoms with van der Waals surface area (Å²) in [4.78, 5) is 14.7. The van der Waals surface area contributed by atoms with Gasteiger partial charge in [0.25, 0.3) is 0 Å². The van der Waals surface area contributed by atoms with Gasteiger partial charge >= 0.3 is 0 Å². The van der Waals surface area contributed by atoms with Crippen molar-refractivity contribution >= 4 is 5.91 Å². The maximum atomic E-state index is 12.9. The van der Waals surface area contributed by atoms with Gasteiger partial charge in [0.05, 0.1) is 19.6 Å². The van der Waals surface area contributed by atoms with Crippen molar-refractivity contribution in [1.82, 2.24) is 19.7 Å². The third-order valence-electron chi connectivity index (χ3n) is 4.78. The Hall–Kier alpha value is -2.57. The fourth-order valence-corrected chi connectivity index (χ4v) is 3.39. The molecule has 1 aromatic heterocycles. The summed E-state index contributed by atoms with van der Waals surface area (Å²) < 4.78 is 13.1. The van der Waals surface area contributed by atoms with Crippen LogP contribution in [0.2, 0.25) is 0 Å². The molecular formula is C17H20N4O3. The van der Waals surface area contributed by atoms with Crippen molar-refractivity contribution in [3.8, 4) is 11.5 Å². The van der Waals surface area contributed by atoms with Crippen LogP contribution >= 0.6 is 0 Å². The van der Waals surface area contributed by atoms with Crippen LogP contribution < -0.4 is 9.47 Å². The minimum Gasteiger partial charge on any atom is -0.497 e. The van der Waals surface area contributed by atoms with Crippen LogP contribution in [0.25, 0.3) is 0 Å².